The molecule has 1 fully saturated rings. The van der Waals surface area contributed by atoms with Gasteiger partial charge in [-0.25, -0.2) is 9.78 Å². The quantitative estimate of drug-likeness (QED) is 0.384. The summed E-state index contributed by atoms with van der Waals surface area (Å²) in [5.41, 5.74) is 3.71. The van der Waals surface area contributed by atoms with Crippen LogP contribution < -0.4 is 5.32 Å². The number of likely N-dealkylation sites (tertiary alicyclic amines) is 1. The molecule has 4 rings (SSSR count). The second-order valence-corrected chi connectivity index (χ2v) is 10.3. The number of amides is 3. The maximum atomic E-state index is 13.1. The minimum absolute atomic E-state index is 0.0228. The van der Waals surface area contributed by atoms with Gasteiger partial charge in [-0.1, -0.05) is 55.5 Å². The summed E-state index contributed by atoms with van der Waals surface area (Å²) in [4.78, 5) is 34.4. The first-order valence-corrected chi connectivity index (χ1v) is 13.9. The average molecular weight is 521 g/mol. The number of thiazole rings is 1. The van der Waals surface area contributed by atoms with Gasteiger partial charge in [0.2, 0.25) is 0 Å². The third kappa shape index (κ3) is 7.40. The molecule has 1 aliphatic rings. The Morgan fingerprint density at radius 2 is 1.84 bits per heavy atom. The number of anilines is 1. The van der Waals surface area contributed by atoms with Crippen LogP contribution in [0, 0.1) is 5.92 Å². The fourth-order valence-electron chi connectivity index (χ4n) is 4.69. The van der Waals surface area contributed by atoms with E-state index >= 15 is 0 Å². The number of para-hydroxylation sites is 1. The van der Waals surface area contributed by atoms with Crippen molar-refractivity contribution >= 4 is 29.0 Å². The summed E-state index contributed by atoms with van der Waals surface area (Å²) in [6.45, 7) is 4.73. The van der Waals surface area contributed by atoms with Crippen molar-refractivity contribution in [2.45, 2.75) is 39.2 Å². The normalized spacial score (nSPS) is 13.9. The molecule has 0 radical (unpaired) electrons. The van der Waals surface area contributed by atoms with Crippen LogP contribution in [0.5, 0.6) is 0 Å². The van der Waals surface area contributed by atoms with Crippen molar-refractivity contribution in [3.8, 4) is 0 Å². The van der Waals surface area contributed by atoms with E-state index in [1.807, 2.05) is 40.6 Å². The van der Waals surface area contributed by atoms with Crippen molar-refractivity contribution in [3.63, 3.8) is 0 Å². The maximum Gasteiger partial charge on any atom is 0.322 e. The second kappa shape index (κ2) is 13.4. The predicted octanol–water partition coefficient (Wildman–Crippen LogP) is 5.48. The molecule has 2 heterocycles. The molecule has 0 spiro atoms. The van der Waals surface area contributed by atoms with E-state index in [-0.39, 0.29) is 11.9 Å². The molecule has 196 valence electrons. The highest BCUT2D eigenvalue weighted by Crippen LogP contribution is 2.24. The molecule has 3 aromatic rings. The summed E-state index contributed by atoms with van der Waals surface area (Å²) in [7, 11) is 1.62. The van der Waals surface area contributed by atoms with Crippen LogP contribution in [0.15, 0.2) is 60.0 Å². The average Bonchev–Trinajstić information content (AvgIpc) is 3.40. The van der Waals surface area contributed by atoms with E-state index in [1.165, 1.54) is 16.9 Å². The maximum absolute atomic E-state index is 13.1. The number of carbonyl (C=O) groups excluding carboxylic acids is 2. The Labute approximate surface area is 223 Å². The Balaban J connectivity index is 1.34. The number of aryl methyl sites for hydroxylation is 1. The second-order valence-electron chi connectivity index (χ2n) is 9.41. The standard InChI is InChI=1S/C29H36N4O3S/c1-3-24-11-7-8-12-25(24)31-29(35)33(17-18-36-2)20-27-30-26(21-37-27)28(34)32-15-13-23(14-16-32)19-22-9-5-4-6-10-22/h4-12,21,23H,3,13-20H2,1-2H3,(H,31,35). The van der Waals surface area contributed by atoms with Crippen molar-refractivity contribution in [2.75, 3.05) is 38.7 Å². The Hall–Kier alpha value is -3.23. The van der Waals surface area contributed by atoms with Crippen LogP contribution in [0.1, 0.15) is 46.4 Å². The number of urea groups is 1. The number of ether oxygens (including phenoxy) is 1. The summed E-state index contributed by atoms with van der Waals surface area (Å²) in [5.74, 6) is 0.577. The van der Waals surface area contributed by atoms with Crippen LogP contribution in [-0.4, -0.2) is 60.1 Å². The van der Waals surface area contributed by atoms with Gasteiger partial charge in [0.25, 0.3) is 5.91 Å². The van der Waals surface area contributed by atoms with E-state index in [1.54, 1.807) is 12.0 Å². The number of hydrogen-bond acceptors (Lipinski definition) is 5. The van der Waals surface area contributed by atoms with E-state index < -0.39 is 0 Å². The molecule has 0 aliphatic carbocycles. The van der Waals surface area contributed by atoms with Crippen LogP contribution in [0.4, 0.5) is 10.5 Å². The smallest absolute Gasteiger partial charge is 0.322 e. The highest BCUT2D eigenvalue weighted by atomic mass is 32.1. The summed E-state index contributed by atoms with van der Waals surface area (Å²) < 4.78 is 5.22. The molecule has 2 aromatic carbocycles. The van der Waals surface area contributed by atoms with Crippen LogP contribution in [0.25, 0.3) is 0 Å². The van der Waals surface area contributed by atoms with Crippen molar-refractivity contribution in [1.29, 1.82) is 0 Å². The number of piperidine rings is 1. The van der Waals surface area contributed by atoms with Crippen LogP contribution in [0.2, 0.25) is 0 Å². The summed E-state index contributed by atoms with van der Waals surface area (Å²) in [6, 6.07) is 18.2. The Morgan fingerprint density at radius 3 is 2.57 bits per heavy atom. The molecular formula is C29H36N4O3S. The van der Waals surface area contributed by atoms with Gasteiger partial charge < -0.3 is 19.9 Å². The van der Waals surface area contributed by atoms with Gasteiger partial charge in [0, 0.05) is 37.8 Å². The first kappa shape index (κ1) is 26.8. The van der Waals surface area contributed by atoms with Crippen LogP contribution >= 0.6 is 11.3 Å². The number of nitrogens with zero attached hydrogens (tertiary/aromatic N) is 3. The largest absolute Gasteiger partial charge is 0.383 e. The number of hydrogen-bond donors (Lipinski definition) is 1. The van der Waals surface area contributed by atoms with Gasteiger partial charge in [-0.2, -0.15) is 0 Å². The summed E-state index contributed by atoms with van der Waals surface area (Å²) in [5, 5.41) is 5.57. The highest BCUT2D eigenvalue weighted by Gasteiger charge is 2.26. The molecule has 0 bridgehead atoms. The molecule has 0 saturated carbocycles. The summed E-state index contributed by atoms with van der Waals surface area (Å²) >= 11 is 1.42. The Kier molecular flexibility index (Phi) is 9.68. The van der Waals surface area contributed by atoms with E-state index in [0.717, 1.165) is 55.0 Å². The Bertz CT molecular complexity index is 1160. The Morgan fingerprint density at radius 1 is 1.11 bits per heavy atom. The number of nitrogens with one attached hydrogen (secondary N) is 1. The van der Waals surface area contributed by atoms with Crippen LogP contribution in [0.3, 0.4) is 0 Å². The van der Waals surface area contributed by atoms with Crippen LogP contribution in [-0.2, 0) is 24.1 Å². The van der Waals surface area contributed by atoms with E-state index in [0.29, 0.717) is 31.3 Å². The lowest BCUT2D eigenvalue weighted by Gasteiger charge is -2.31. The fourth-order valence-corrected chi connectivity index (χ4v) is 5.48. The number of rotatable bonds is 10. The molecule has 37 heavy (non-hydrogen) atoms. The minimum atomic E-state index is -0.207. The number of benzene rings is 2. The van der Waals surface area contributed by atoms with E-state index in [2.05, 4.69) is 41.5 Å². The number of carbonyl (C=O) groups is 2. The number of methoxy groups -OCH3 is 1. The third-order valence-electron chi connectivity index (χ3n) is 6.86. The molecule has 1 saturated heterocycles. The molecule has 1 N–H and O–H groups in total. The van der Waals surface area contributed by atoms with Crippen molar-refractivity contribution in [3.05, 3.63) is 81.8 Å². The fraction of sp³-hybridized carbons (Fsp3) is 0.414. The van der Waals surface area contributed by atoms with Gasteiger partial charge in [-0.15, -0.1) is 11.3 Å². The molecule has 7 nitrogen and oxygen atoms in total. The van der Waals surface area contributed by atoms with Crippen molar-refractivity contribution in [1.82, 2.24) is 14.8 Å². The molecule has 0 atom stereocenters. The van der Waals surface area contributed by atoms with Gasteiger partial charge in [-0.05, 0) is 48.8 Å². The topological polar surface area (TPSA) is 74.8 Å². The zero-order valence-electron chi connectivity index (χ0n) is 21.7. The molecule has 1 aliphatic heterocycles. The lowest BCUT2D eigenvalue weighted by molar-refractivity contribution is 0.0685. The zero-order valence-corrected chi connectivity index (χ0v) is 22.5. The van der Waals surface area contributed by atoms with Gasteiger partial charge in [-0.3, -0.25) is 4.79 Å². The molecule has 0 unspecified atom stereocenters. The monoisotopic (exact) mass is 520 g/mol. The first-order valence-electron chi connectivity index (χ1n) is 13.0. The highest BCUT2D eigenvalue weighted by molar-refractivity contribution is 7.09. The molecular weight excluding hydrogens is 484 g/mol. The van der Waals surface area contributed by atoms with Gasteiger partial charge in [0.1, 0.15) is 10.7 Å². The first-order chi connectivity index (χ1) is 18.1. The molecule has 1 aromatic heterocycles. The van der Waals surface area contributed by atoms with Crippen molar-refractivity contribution < 1.29 is 14.3 Å². The third-order valence-corrected chi connectivity index (χ3v) is 7.69. The molecule has 3 amide bonds. The van der Waals surface area contributed by atoms with E-state index in [4.69, 9.17) is 4.74 Å². The summed E-state index contributed by atoms with van der Waals surface area (Å²) in [6.07, 6.45) is 3.89. The zero-order chi connectivity index (χ0) is 26.0. The van der Waals surface area contributed by atoms with Crippen molar-refractivity contribution in [2.24, 2.45) is 5.92 Å². The predicted molar refractivity (Wildman–Crippen MR) is 148 cm³/mol. The lowest BCUT2D eigenvalue weighted by Crippen LogP contribution is -2.39. The SMILES string of the molecule is CCc1ccccc1NC(=O)N(CCOC)Cc1nc(C(=O)N2CCC(Cc3ccccc3)CC2)cs1. The lowest BCUT2D eigenvalue weighted by atomic mass is 9.90. The minimum Gasteiger partial charge on any atom is -0.383 e. The number of aromatic nitrogens is 1. The van der Waals surface area contributed by atoms with Gasteiger partial charge in [0.05, 0.1) is 13.2 Å². The van der Waals surface area contributed by atoms with E-state index in [9.17, 15) is 9.59 Å². The molecule has 8 heteroatoms. The van der Waals surface area contributed by atoms with Gasteiger partial charge >= 0.3 is 6.03 Å². The van der Waals surface area contributed by atoms with Gasteiger partial charge in [0.15, 0.2) is 0 Å².